The summed E-state index contributed by atoms with van der Waals surface area (Å²) in [6.45, 7) is 1.61. The number of hydrogen-bond donors (Lipinski definition) is 2. The number of ether oxygens (including phenoxy) is 1. The molecule has 3 heterocycles. The maximum Gasteiger partial charge on any atom is 0.287 e. The molecule has 0 spiro atoms. The molecule has 2 aromatic heterocycles. The van der Waals surface area contributed by atoms with Crippen LogP contribution >= 0.6 is 11.6 Å². The first kappa shape index (κ1) is 18.9. The molecule has 28 heavy (non-hydrogen) atoms. The molecule has 4 rings (SSSR count). The van der Waals surface area contributed by atoms with Gasteiger partial charge >= 0.3 is 0 Å². The van der Waals surface area contributed by atoms with Crippen molar-refractivity contribution in [3.63, 3.8) is 0 Å². The number of rotatable bonds is 5. The molecule has 0 unspecified atom stereocenters. The summed E-state index contributed by atoms with van der Waals surface area (Å²) in [5.74, 6) is 0.0412. The quantitative estimate of drug-likeness (QED) is 0.691. The van der Waals surface area contributed by atoms with E-state index in [9.17, 15) is 9.90 Å². The summed E-state index contributed by atoms with van der Waals surface area (Å²) in [7, 11) is 0. The zero-order valence-electron chi connectivity index (χ0n) is 15.4. The summed E-state index contributed by atoms with van der Waals surface area (Å²) in [4.78, 5) is 17.6. The van der Waals surface area contributed by atoms with Crippen LogP contribution in [0.2, 0.25) is 5.02 Å². The Morgan fingerprint density at radius 3 is 2.82 bits per heavy atom. The van der Waals surface area contributed by atoms with E-state index in [0.29, 0.717) is 36.3 Å². The van der Waals surface area contributed by atoms with Gasteiger partial charge in [0.1, 0.15) is 0 Å². The second kappa shape index (κ2) is 7.91. The Hall–Kier alpha value is -2.41. The van der Waals surface area contributed by atoms with Crippen LogP contribution < -0.4 is 5.32 Å². The van der Waals surface area contributed by atoms with Crippen molar-refractivity contribution in [3.05, 3.63) is 59.5 Å². The SMILES string of the molecule is O=C(NCC1(CO)CCOCC1)c1nc(-c2cccc(Cl)c2)c2ccccn12. The summed E-state index contributed by atoms with van der Waals surface area (Å²) in [5.41, 5.74) is 2.05. The number of hydrogen-bond acceptors (Lipinski definition) is 4. The van der Waals surface area contributed by atoms with Gasteiger partial charge in [-0.25, -0.2) is 4.98 Å². The molecular weight excluding hydrogens is 378 g/mol. The molecule has 2 N–H and O–H groups in total. The monoisotopic (exact) mass is 399 g/mol. The van der Waals surface area contributed by atoms with Crippen LogP contribution in [-0.4, -0.2) is 46.8 Å². The maximum absolute atomic E-state index is 12.9. The third-order valence-corrected chi connectivity index (χ3v) is 5.60. The number of carbonyl (C=O) groups is 1. The minimum Gasteiger partial charge on any atom is -0.396 e. The maximum atomic E-state index is 12.9. The van der Waals surface area contributed by atoms with Crippen LogP contribution in [0.5, 0.6) is 0 Å². The highest BCUT2D eigenvalue weighted by Crippen LogP contribution is 2.30. The van der Waals surface area contributed by atoms with Gasteiger partial charge < -0.3 is 15.2 Å². The standard InChI is InChI=1S/C21H22ClN3O3/c22-16-5-3-4-15(12-16)18-17-6-1-2-9-25(17)19(24-18)20(27)23-13-21(14-26)7-10-28-11-8-21/h1-6,9,12,26H,7-8,10-11,13-14H2,(H,23,27). The van der Waals surface area contributed by atoms with Crippen LogP contribution in [0.15, 0.2) is 48.7 Å². The van der Waals surface area contributed by atoms with Crippen LogP contribution in [0.1, 0.15) is 23.5 Å². The number of halogens is 1. The summed E-state index contributed by atoms with van der Waals surface area (Å²) < 4.78 is 7.17. The van der Waals surface area contributed by atoms with Gasteiger partial charge in [-0.2, -0.15) is 0 Å². The average molecular weight is 400 g/mol. The van der Waals surface area contributed by atoms with Gasteiger partial charge in [0.25, 0.3) is 5.91 Å². The largest absolute Gasteiger partial charge is 0.396 e. The number of imidazole rings is 1. The highest BCUT2D eigenvalue weighted by atomic mass is 35.5. The Balaban J connectivity index is 1.64. The Morgan fingerprint density at radius 2 is 2.07 bits per heavy atom. The third-order valence-electron chi connectivity index (χ3n) is 5.36. The summed E-state index contributed by atoms with van der Waals surface area (Å²) in [6.07, 6.45) is 3.27. The van der Waals surface area contributed by atoms with Crippen LogP contribution in [0.4, 0.5) is 0 Å². The van der Waals surface area contributed by atoms with Gasteiger partial charge in [-0.05, 0) is 37.1 Å². The smallest absolute Gasteiger partial charge is 0.287 e. The Kier molecular flexibility index (Phi) is 5.35. The van der Waals surface area contributed by atoms with Crippen molar-refractivity contribution < 1.29 is 14.6 Å². The molecule has 0 atom stereocenters. The van der Waals surface area contributed by atoms with Crippen LogP contribution in [-0.2, 0) is 4.74 Å². The number of nitrogens with one attached hydrogen (secondary N) is 1. The summed E-state index contributed by atoms with van der Waals surface area (Å²) >= 11 is 6.13. The summed E-state index contributed by atoms with van der Waals surface area (Å²) in [5, 5.41) is 13.4. The molecule has 6 nitrogen and oxygen atoms in total. The molecule has 0 bridgehead atoms. The Bertz CT molecular complexity index is 995. The van der Waals surface area contributed by atoms with E-state index in [1.807, 2.05) is 42.6 Å². The second-order valence-electron chi connectivity index (χ2n) is 7.20. The van der Waals surface area contributed by atoms with Crippen molar-refractivity contribution in [2.24, 2.45) is 5.41 Å². The van der Waals surface area contributed by atoms with Crippen molar-refractivity contribution in [3.8, 4) is 11.3 Å². The van der Waals surface area contributed by atoms with Gasteiger partial charge in [-0.15, -0.1) is 0 Å². The van der Waals surface area contributed by atoms with Gasteiger partial charge in [0, 0.05) is 42.0 Å². The minimum atomic E-state index is -0.337. The number of carbonyl (C=O) groups excluding carboxylic acids is 1. The topological polar surface area (TPSA) is 75.9 Å². The van der Waals surface area contributed by atoms with Crippen LogP contribution in [0.3, 0.4) is 0 Å². The highest BCUT2D eigenvalue weighted by Gasteiger charge is 2.33. The Labute approximate surface area is 168 Å². The number of aliphatic hydroxyl groups is 1. The lowest BCUT2D eigenvalue weighted by Gasteiger charge is -2.35. The second-order valence-corrected chi connectivity index (χ2v) is 7.64. The number of pyridine rings is 1. The van der Waals surface area contributed by atoms with E-state index >= 15 is 0 Å². The van der Waals surface area contributed by atoms with E-state index < -0.39 is 0 Å². The minimum absolute atomic E-state index is 0.0206. The molecule has 1 aliphatic heterocycles. The normalized spacial score (nSPS) is 16.2. The van der Waals surface area contributed by atoms with E-state index in [0.717, 1.165) is 23.9 Å². The first-order valence-electron chi connectivity index (χ1n) is 9.32. The van der Waals surface area contributed by atoms with E-state index in [4.69, 9.17) is 16.3 Å². The first-order valence-corrected chi connectivity index (χ1v) is 9.70. The summed E-state index contributed by atoms with van der Waals surface area (Å²) in [6, 6.07) is 13.1. The van der Waals surface area contributed by atoms with Crippen molar-refractivity contribution in [2.75, 3.05) is 26.4 Å². The van der Waals surface area contributed by atoms with Crippen molar-refractivity contribution in [1.29, 1.82) is 0 Å². The lowest BCUT2D eigenvalue weighted by atomic mass is 9.81. The molecule has 1 aliphatic rings. The molecule has 1 amide bonds. The fourth-order valence-corrected chi connectivity index (χ4v) is 3.78. The Morgan fingerprint density at radius 1 is 1.25 bits per heavy atom. The van der Waals surface area contributed by atoms with E-state index in [1.165, 1.54) is 0 Å². The van der Waals surface area contributed by atoms with Crippen molar-refractivity contribution >= 4 is 23.0 Å². The van der Waals surface area contributed by atoms with E-state index in [1.54, 1.807) is 10.5 Å². The molecule has 7 heteroatoms. The third kappa shape index (κ3) is 3.63. The number of fused-ring (bicyclic) bond motifs is 1. The van der Waals surface area contributed by atoms with Gasteiger partial charge in [0.15, 0.2) is 0 Å². The van der Waals surface area contributed by atoms with Gasteiger partial charge in [-0.3, -0.25) is 9.20 Å². The fraction of sp³-hybridized carbons (Fsp3) is 0.333. The van der Waals surface area contributed by atoms with Gasteiger partial charge in [0.2, 0.25) is 5.82 Å². The lowest BCUT2D eigenvalue weighted by Crippen LogP contribution is -2.44. The zero-order valence-corrected chi connectivity index (χ0v) is 16.2. The molecule has 1 fully saturated rings. The average Bonchev–Trinajstić information content (AvgIpc) is 3.13. The van der Waals surface area contributed by atoms with Crippen molar-refractivity contribution in [1.82, 2.24) is 14.7 Å². The van der Waals surface area contributed by atoms with Gasteiger partial charge in [0.05, 0.1) is 17.8 Å². The van der Waals surface area contributed by atoms with Crippen LogP contribution in [0, 0.1) is 5.41 Å². The molecule has 0 radical (unpaired) electrons. The molecule has 3 aromatic rings. The molecule has 146 valence electrons. The highest BCUT2D eigenvalue weighted by molar-refractivity contribution is 6.30. The zero-order chi connectivity index (χ0) is 19.6. The molecule has 1 saturated heterocycles. The lowest BCUT2D eigenvalue weighted by molar-refractivity contribution is -0.0146. The van der Waals surface area contributed by atoms with Crippen LogP contribution in [0.25, 0.3) is 16.8 Å². The number of benzene rings is 1. The fourth-order valence-electron chi connectivity index (χ4n) is 3.59. The number of nitrogens with zero attached hydrogens (tertiary/aromatic N) is 2. The van der Waals surface area contributed by atoms with E-state index in [-0.39, 0.29) is 17.9 Å². The van der Waals surface area contributed by atoms with Crippen molar-refractivity contribution in [2.45, 2.75) is 12.8 Å². The van der Waals surface area contributed by atoms with E-state index in [2.05, 4.69) is 10.3 Å². The molecule has 0 saturated carbocycles. The number of amides is 1. The predicted molar refractivity (Wildman–Crippen MR) is 108 cm³/mol. The number of aromatic nitrogens is 2. The molecular formula is C21H22ClN3O3. The molecule has 1 aromatic carbocycles. The molecule has 0 aliphatic carbocycles. The number of aliphatic hydroxyl groups excluding tert-OH is 1. The first-order chi connectivity index (χ1) is 13.6. The van der Waals surface area contributed by atoms with Gasteiger partial charge in [-0.1, -0.05) is 29.8 Å². The predicted octanol–water partition coefficient (Wildman–Crippen LogP) is 3.17.